The van der Waals surface area contributed by atoms with E-state index >= 15 is 0 Å². The van der Waals surface area contributed by atoms with E-state index < -0.39 is 37.5 Å². The number of esters is 4. The van der Waals surface area contributed by atoms with Gasteiger partial charge in [-0.1, -0.05) is 6.07 Å². The highest BCUT2D eigenvalue weighted by atomic mass is 16.7. The van der Waals surface area contributed by atoms with Gasteiger partial charge in [-0.05, 0) is 12.1 Å². The first kappa shape index (κ1) is 21.7. The van der Waals surface area contributed by atoms with Crippen molar-refractivity contribution in [1.29, 1.82) is 0 Å². The number of carbonyl (C=O) groups excluding carboxylic acids is 4. The molecule has 27 heavy (non-hydrogen) atoms. The van der Waals surface area contributed by atoms with E-state index in [1.807, 2.05) is 0 Å². The third kappa shape index (κ3) is 9.10. The summed E-state index contributed by atoms with van der Waals surface area (Å²) in [6, 6.07) is 6.63. The van der Waals surface area contributed by atoms with Crippen LogP contribution in [0.25, 0.3) is 0 Å². The summed E-state index contributed by atoms with van der Waals surface area (Å²) in [5.74, 6) is -2.14. The maximum Gasteiger partial charge on any atom is 0.328 e. The smallest absolute Gasteiger partial charge is 0.328 e. The van der Waals surface area contributed by atoms with Crippen molar-refractivity contribution in [2.75, 3.05) is 38.7 Å². The van der Waals surface area contributed by atoms with E-state index in [1.165, 1.54) is 25.9 Å². The largest absolute Gasteiger partial charge is 0.497 e. The highest BCUT2D eigenvalue weighted by Crippen LogP contribution is 2.21. The average Bonchev–Trinajstić information content (AvgIpc) is 2.60. The van der Waals surface area contributed by atoms with Crippen molar-refractivity contribution in [3.8, 4) is 5.75 Å². The molecule has 0 saturated heterocycles. The maximum absolute atomic E-state index is 11.9. The number of nitrogens with zero attached hydrogens (tertiary/aromatic N) is 1. The van der Waals surface area contributed by atoms with Crippen LogP contribution < -0.4 is 9.64 Å². The Hall–Kier alpha value is -3.30. The van der Waals surface area contributed by atoms with Gasteiger partial charge in [0, 0.05) is 25.6 Å². The molecule has 148 valence electrons. The Morgan fingerprint density at radius 3 is 1.81 bits per heavy atom. The zero-order valence-electron chi connectivity index (χ0n) is 15.3. The second-order valence-electron chi connectivity index (χ2n) is 5.10. The molecule has 0 radical (unpaired) electrons. The zero-order chi connectivity index (χ0) is 20.2. The van der Waals surface area contributed by atoms with Crippen molar-refractivity contribution in [2.24, 2.45) is 0 Å². The minimum Gasteiger partial charge on any atom is -0.497 e. The summed E-state index contributed by atoms with van der Waals surface area (Å²) in [5.41, 5.74) is 0.489. The minimum atomic E-state index is -0.730. The van der Waals surface area contributed by atoms with Gasteiger partial charge in [0.15, 0.2) is 0 Å². The molecule has 0 unspecified atom stereocenters. The standard InChI is InChI=1S/C17H21NO9/c1-12(19)24-10-26-16(21)8-18(9-17(22)27-11-25-13(2)20)14-5-4-6-15(7-14)23-3/h4-7H,8-11H2,1-3H3. The van der Waals surface area contributed by atoms with E-state index in [9.17, 15) is 19.2 Å². The Bertz CT molecular complexity index is 640. The quantitative estimate of drug-likeness (QED) is 0.420. The van der Waals surface area contributed by atoms with Crippen molar-refractivity contribution in [3.63, 3.8) is 0 Å². The van der Waals surface area contributed by atoms with Crippen LogP contribution in [-0.2, 0) is 38.1 Å². The monoisotopic (exact) mass is 383 g/mol. The van der Waals surface area contributed by atoms with Gasteiger partial charge in [0.1, 0.15) is 18.8 Å². The molecule has 10 heteroatoms. The van der Waals surface area contributed by atoms with Crippen LogP contribution in [0.5, 0.6) is 5.75 Å². The van der Waals surface area contributed by atoms with Gasteiger partial charge in [-0.15, -0.1) is 0 Å². The average molecular weight is 383 g/mol. The van der Waals surface area contributed by atoms with E-state index in [0.717, 1.165) is 0 Å². The predicted octanol–water partition coefficient (Wildman–Crippen LogP) is 0.629. The maximum atomic E-state index is 11.9. The summed E-state index contributed by atoms with van der Waals surface area (Å²) in [4.78, 5) is 46.6. The van der Waals surface area contributed by atoms with Gasteiger partial charge in [-0.2, -0.15) is 0 Å². The number of anilines is 1. The van der Waals surface area contributed by atoms with Gasteiger partial charge in [0.2, 0.25) is 13.6 Å². The molecule has 1 rings (SSSR count). The van der Waals surface area contributed by atoms with Crippen LogP contribution in [0.4, 0.5) is 5.69 Å². The van der Waals surface area contributed by atoms with Crippen LogP contribution in [0.3, 0.4) is 0 Å². The van der Waals surface area contributed by atoms with E-state index in [2.05, 4.69) is 9.47 Å². The first-order valence-electron chi connectivity index (χ1n) is 7.78. The third-order valence-electron chi connectivity index (χ3n) is 3.02. The van der Waals surface area contributed by atoms with E-state index in [0.29, 0.717) is 11.4 Å². The van der Waals surface area contributed by atoms with Crippen molar-refractivity contribution < 1.29 is 42.9 Å². The normalized spacial score (nSPS) is 9.74. The molecule has 0 aliphatic rings. The Balaban J connectivity index is 2.76. The van der Waals surface area contributed by atoms with Crippen molar-refractivity contribution >= 4 is 29.6 Å². The molecule has 0 aliphatic carbocycles. The van der Waals surface area contributed by atoms with Gasteiger partial charge in [-0.25, -0.2) is 0 Å². The third-order valence-corrected chi connectivity index (χ3v) is 3.02. The topological polar surface area (TPSA) is 118 Å². The second kappa shape index (κ2) is 11.3. The fraction of sp³-hybridized carbons (Fsp3) is 0.412. The second-order valence-corrected chi connectivity index (χ2v) is 5.10. The van der Waals surface area contributed by atoms with Gasteiger partial charge in [0.05, 0.1) is 7.11 Å². The summed E-state index contributed by atoms with van der Waals surface area (Å²) < 4.78 is 23.7. The lowest BCUT2D eigenvalue weighted by Gasteiger charge is -2.23. The Morgan fingerprint density at radius 2 is 1.37 bits per heavy atom. The zero-order valence-corrected chi connectivity index (χ0v) is 15.3. The lowest BCUT2D eigenvalue weighted by molar-refractivity contribution is -0.165. The number of hydrogen-bond donors (Lipinski definition) is 0. The number of rotatable bonds is 10. The molecule has 0 heterocycles. The summed E-state index contributed by atoms with van der Waals surface area (Å²) in [7, 11) is 1.48. The number of carbonyl (C=O) groups is 4. The number of hydrogen-bond acceptors (Lipinski definition) is 10. The molecular weight excluding hydrogens is 362 g/mol. The Morgan fingerprint density at radius 1 is 0.852 bits per heavy atom. The lowest BCUT2D eigenvalue weighted by atomic mass is 10.2. The van der Waals surface area contributed by atoms with Gasteiger partial charge in [-0.3, -0.25) is 19.2 Å². The van der Waals surface area contributed by atoms with Crippen molar-refractivity contribution in [1.82, 2.24) is 0 Å². The fourth-order valence-electron chi connectivity index (χ4n) is 1.80. The number of ether oxygens (including phenoxy) is 5. The summed E-state index contributed by atoms with van der Waals surface area (Å²) in [6.07, 6.45) is 0. The molecule has 0 N–H and O–H groups in total. The molecule has 0 bridgehead atoms. The molecule has 0 atom stereocenters. The Labute approximate surface area is 155 Å². The predicted molar refractivity (Wildman–Crippen MR) is 90.7 cm³/mol. The summed E-state index contributed by atoms with van der Waals surface area (Å²) in [6.45, 7) is 0.646. The molecule has 1 aromatic rings. The first-order chi connectivity index (χ1) is 12.8. The lowest BCUT2D eigenvalue weighted by Crippen LogP contribution is -2.36. The first-order valence-corrected chi connectivity index (χ1v) is 7.78. The van der Waals surface area contributed by atoms with Crippen LogP contribution >= 0.6 is 0 Å². The SMILES string of the molecule is COc1cccc(N(CC(=O)OCOC(C)=O)CC(=O)OCOC(C)=O)c1. The van der Waals surface area contributed by atoms with E-state index in [1.54, 1.807) is 24.3 Å². The van der Waals surface area contributed by atoms with Crippen LogP contribution in [0.2, 0.25) is 0 Å². The number of methoxy groups -OCH3 is 1. The fourth-order valence-corrected chi connectivity index (χ4v) is 1.80. The van der Waals surface area contributed by atoms with E-state index in [-0.39, 0.29) is 13.1 Å². The highest BCUT2D eigenvalue weighted by Gasteiger charge is 2.18. The highest BCUT2D eigenvalue weighted by molar-refractivity contribution is 5.81. The molecule has 0 spiro atoms. The van der Waals surface area contributed by atoms with Gasteiger partial charge >= 0.3 is 23.9 Å². The minimum absolute atomic E-state index is 0.322. The Kier molecular flexibility index (Phi) is 9.13. The van der Waals surface area contributed by atoms with Crippen molar-refractivity contribution in [2.45, 2.75) is 13.8 Å². The van der Waals surface area contributed by atoms with Crippen LogP contribution in [0, 0.1) is 0 Å². The van der Waals surface area contributed by atoms with Crippen LogP contribution in [-0.4, -0.2) is 57.7 Å². The summed E-state index contributed by atoms with van der Waals surface area (Å²) in [5, 5.41) is 0. The molecule has 10 nitrogen and oxygen atoms in total. The number of benzene rings is 1. The molecule has 0 amide bonds. The molecule has 0 saturated carbocycles. The summed E-state index contributed by atoms with van der Waals surface area (Å²) >= 11 is 0. The van der Waals surface area contributed by atoms with E-state index in [4.69, 9.17) is 14.2 Å². The van der Waals surface area contributed by atoms with Gasteiger partial charge in [0.25, 0.3) is 0 Å². The van der Waals surface area contributed by atoms with Crippen LogP contribution in [0.15, 0.2) is 24.3 Å². The molecule has 0 aliphatic heterocycles. The van der Waals surface area contributed by atoms with Crippen molar-refractivity contribution in [3.05, 3.63) is 24.3 Å². The van der Waals surface area contributed by atoms with Crippen LogP contribution in [0.1, 0.15) is 13.8 Å². The molecule has 0 aromatic heterocycles. The van der Waals surface area contributed by atoms with Gasteiger partial charge < -0.3 is 28.6 Å². The molecule has 0 fully saturated rings. The molecular formula is C17H21NO9. The molecule has 1 aromatic carbocycles.